The van der Waals surface area contributed by atoms with Gasteiger partial charge in [-0.15, -0.1) is 0 Å². The molecule has 0 bridgehead atoms. The quantitative estimate of drug-likeness (QED) is 0.667. The van der Waals surface area contributed by atoms with Crippen LogP contribution in [0.3, 0.4) is 0 Å². The van der Waals surface area contributed by atoms with Gasteiger partial charge in [-0.2, -0.15) is 0 Å². The number of hydrogen-bond acceptors (Lipinski definition) is 5. The zero-order valence-corrected chi connectivity index (χ0v) is 12.9. The monoisotopic (exact) mass is 307 g/mol. The predicted molar refractivity (Wildman–Crippen MR) is 82.8 cm³/mol. The van der Waals surface area contributed by atoms with Gasteiger partial charge in [-0.1, -0.05) is 6.92 Å². The zero-order chi connectivity index (χ0) is 16.1. The maximum Gasteiger partial charge on any atom is 0.293 e. The van der Waals surface area contributed by atoms with Crippen molar-refractivity contribution >= 4 is 17.3 Å². The van der Waals surface area contributed by atoms with Crippen molar-refractivity contribution in [2.75, 3.05) is 24.6 Å². The van der Waals surface area contributed by atoms with Gasteiger partial charge in [-0.25, -0.2) is 5.48 Å². The lowest BCUT2D eigenvalue weighted by atomic mass is 9.99. The van der Waals surface area contributed by atoms with Crippen molar-refractivity contribution in [1.82, 2.24) is 5.48 Å². The summed E-state index contributed by atoms with van der Waals surface area (Å²) in [4.78, 5) is 29.6. The van der Waals surface area contributed by atoms with Gasteiger partial charge < -0.3 is 4.90 Å². The number of carbonyl (C=O) groups is 1. The number of carbonyl (C=O) groups excluding carboxylic acids is 1. The molecule has 2 rings (SSSR count). The maximum atomic E-state index is 11.8. The topological polar surface area (TPSA) is 84.7 Å². The van der Waals surface area contributed by atoms with Crippen LogP contribution in [0, 0.1) is 16.0 Å². The number of piperidine rings is 1. The van der Waals surface area contributed by atoms with E-state index in [9.17, 15) is 14.9 Å². The number of benzene rings is 1. The van der Waals surface area contributed by atoms with Gasteiger partial charge in [0.25, 0.3) is 11.6 Å². The van der Waals surface area contributed by atoms with E-state index >= 15 is 0 Å². The van der Waals surface area contributed by atoms with Crippen molar-refractivity contribution in [3.63, 3.8) is 0 Å². The van der Waals surface area contributed by atoms with E-state index in [1.165, 1.54) is 6.07 Å². The summed E-state index contributed by atoms with van der Waals surface area (Å²) in [5.41, 5.74) is 2.99. The fourth-order valence-corrected chi connectivity index (χ4v) is 2.68. The van der Waals surface area contributed by atoms with E-state index in [0.29, 0.717) is 18.2 Å². The van der Waals surface area contributed by atoms with E-state index in [0.717, 1.165) is 25.9 Å². The summed E-state index contributed by atoms with van der Waals surface area (Å²) < 4.78 is 0. The van der Waals surface area contributed by atoms with Crippen molar-refractivity contribution in [3.05, 3.63) is 33.9 Å². The molecule has 0 spiro atoms. The highest BCUT2D eigenvalue weighted by molar-refractivity contribution is 5.95. The number of hydroxylamine groups is 1. The van der Waals surface area contributed by atoms with Gasteiger partial charge in [0, 0.05) is 24.7 Å². The second-order valence-electron chi connectivity index (χ2n) is 5.52. The van der Waals surface area contributed by atoms with Gasteiger partial charge in [0.05, 0.1) is 11.5 Å². The van der Waals surface area contributed by atoms with Crippen LogP contribution < -0.4 is 10.4 Å². The van der Waals surface area contributed by atoms with Crippen LogP contribution in [0.1, 0.15) is 37.0 Å². The molecule has 1 N–H and O–H groups in total. The first-order valence-electron chi connectivity index (χ1n) is 7.48. The summed E-state index contributed by atoms with van der Waals surface area (Å²) in [6.07, 6.45) is 2.16. The number of anilines is 1. The molecule has 0 aromatic heterocycles. The van der Waals surface area contributed by atoms with E-state index in [2.05, 4.69) is 12.4 Å². The van der Waals surface area contributed by atoms with E-state index in [-0.39, 0.29) is 11.3 Å². The summed E-state index contributed by atoms with van der Waals surface area (Å²) in [5, 5.41) is 11.4. The van der Waals surface area contributed by atoms with Gasteiger partial charge in [-0.3, -0.25) is 19.7 Å². The van der Waals surface area contributed by atoms with Crippen LogP contribution in [0.2, 0.25) is 0 Å². The molecule has 1 fully saturated rings. The molecule has 1 aliphatic rings. The van der Waals surface area contributed by atoms with Gasteiger partial charge >= 0.3 is 0 Å². The van der Waals surface area contributed by atoms with Gasteiger partial charge in [-0.05, 0) is 37.8 Å². The summed E-state index contributed by atoms with van der Waals surface area (Å²) >= 11 is 0. The van der Waals surface area contributed by atoms with Crippen LogP contribution in [-0.2, 0) is 4.84 Å². The minimum atomic E-state index is -0.483. The molecule has 7 heteroatoms. The van der Waals surface area contributed by atoms with Crippen molar-refractivity contribution in [3.8, 4) is 0 Å². The Morgan fingerprint density at radius 2 is 2.32 bits per heavy atom. The number of nitrogens with zero attached hydrogens (tertiary/aromatic N) is 2. The molecule has 1 aromatic carbocycles. The number of nitrogens with one attached hydrogen (secondary N) is 1. The molecule has 1 amide bonds. The first kappa shape index (κ1) is 16.2. The number of nitro groups is 1. The predicted octanol–water partition coefficient (Wildman–Crippen LogP) is 2.51. The Bertz CT molecular complexity index is 562. The Labute approximate surface area is 129 Å². The van der Waals surface area contributed by atoms with Crippen LogP contribution >= 0.6 is 0 Å². The summed E-state index contributed by atoms with van der Waals surface area (Å²) in [6, 6.07) is 4.55. The first-order chi connectivity index (χ1) is 10.5. The van der Waals surface area contributed by atoms with E-state index in [1.54, 1.807) is 19.1 Å². The number of rotatable bonds is 5. The highest BCUT2D eigenvalue weighted by Gasteiger charge is 2.25. The van der Waals surface area contributed by atoms with Gasteiger partial charge in [0.2, 0.25) is 0 Å². The highest BCUT2D eigenvalue weighted by Crippen LogP contribution is 2.32. The van der Waals surface area contributed by atoms with Crippen molar-refractivity contribution in [2.45, 2.75) is 26.7 Å². The Morgan fingerprint density at radius 1 is 1.55 bits per heavy atom. The summed E-state index contributed by atoms with van der Waals surface area (Å²) in [6.45, 7) is 5.81. The molecule has 1 saturated heterocycles. The second kappa shape index (κ2) is 7.22. The lowest BCUT2D eigenvalue weighted by Crippen LogP contribution is -2.34. The van der Waals surface area contributed by atoms with Crippen molar-refractivity contribution in [1.29, 1.82) is 0 Å². The minimum absolute atomic E-state index is 0.0433. The SMILES string of the molecule is CCONC(=O)c1ccc(N2CCC[C@H](C)C2)c([N+](=O)[O-])c1. The zero-order valence-electron chi connectivity index (χ0n) is 12.9. The van der Waals surface area contributed by atoms with Crippen LogP contribution in [-0.4, -0.2) is 30.5 Å². The Kier molecular flexibility index (Phi) is 5.32. The van der Waals surface area contributed by atoms with Gasteiger partial charge in [0.15, 0.2) is 0 Å². The normalized spacial score (nSPS) is 18.1. The van der Waals surface area contributed by atoms with E-state index in [1.807, 2.05) is 4.90 Å². The number of hydrogen-bond donors (Lipinski definition) is 1. The highest BCUT2D eigenvalue weighted by atomic mass is 16.6. The largest absolute Gasteiger partial charge is 0.366 e. The standard InChI is InChI=1S/C15H21N3O4/c1-3-22-16-15(19)12-6-7-13(14(9-12)18(20)21)17-8-4-5-11(2)10-17/h6-7,9,11H,3-5,8,10H2,1-2H3,(H,16,19)/t11-/m0/s1. The molecule has 0 aliphatic carbocycles. The Hall–Kier alpha value is -2.15. The minimum Gasteiger partial charge on any atom is -0.366 e. The number of amides is 1. The molecular formula is C15H21N3O4. The molecule has 0 unspecified atom stereocenters. The lowest BCUT2D eigenvalue weighted by Gasteiger charge is -2.32. The fourth-order valence-electron chi connectivity index (χ4n) is 2.68. The molecule has 22 heavy (non-hydrogen) atoms. The summed E-state index contributed by atoms with van der Waals surface area (Å²) in [5.74, 6) is 0.0257. The van der Waals surface area contributed by atoms with Gasteiger partial charge in [0.1, 0.15) is 5.69 Å². The van der Waals surface area contributed by atoms with Crippen LogP contribution in [0.25, 0.3) is 0 Å². The Balaban J connectivity index is 2.27. The molecule has 1 atom stereocenters. The molecule has 0 saturated carbocycles. The molecule has 1 aliphatic heterocycles. The van der Waals surface area contributed by atoms with Crippen LogP contribution in [0.4, 0.5) is 11.4 Å². The van der Waals surface area contributed by atoms with Crippen LogP contribution in [0.15, 0.2) is 18.2 Å². The average Bonchev–Trinajstić information content (AvgIpc) is 2.52. The lowest BCUT2D eigenvalue weighted by molar-refractivity contribution is -0.384. The second-order valence-corrected chi connectivity index (χ2v) is 5.52. The average molecular weight is 307 g/mol. The molecule has 7 nitrogen and oxygen atoms in total. The molecule has 0 radical (unpaired) electrons. The molecule has 1 heterocycles. The molecule has 1 aromatic rings. The fraction of sp³-hybridized carbons (Fsp3) is 0.533. The molecular weight excluding hydrogens is 286 g/mol. The molecule has 120 valence electrons. The smallest absolute Gasteiger partial charge is 0.293 e. The Morgan fingerprint density at radius 3 is 2.95 bits per heavy atom. The first-order valence-corrected chi connectivity index (χ1v) is 7.48. The van der Waals surface area contributed by atoms with Crippen LogP contribution in [0.5, 0.6) is 0 Å². The third kappa shape index (κ3) is 3.73. The third-order valence-corrected chi connectivity index (χ3v) is 3.74. The maximum absolute atomic E-state index is 11.8. The van der Waals surface area contributed by atoms with E-state index in [4.69, 9.17) is 4.84 Å². The number of nitro benzene ring substituents is 1. The van der Waals surface area contributed by atoms with Crippen molar-refractivity contribution < 1.29 is 14.6 Å². The van der Waals surface area contributed by atoms with Crippen molar-refractivity contribution in [2.24, 2.45) is 5.92 Å². The van der Waals surface area contributed by atoms with E-state index < -0.39 is 10.8 Å². The summed E-state index contributed by atoms with van der Waals surface area (Å²) in [7, 11) is 0. The third-order valence-electron chi connectivity index (χ3n) is 3.74.